The standard InChI is InChI=1S/C50H66/c1-12-15-21-36(14-3)29-40-31-41(49(6,7)8)30-39(27-26-34(4)20-13-2)44(40)28-35(5)47-42-24-18-19-25-43(42)48(50(9,10)11)46-33-38-23-17-16-22-37(38)32-45(46)47/h16-19,22-25,28,30-34,36H,12-15,20-21,26-27,29H2,1-11H3/b35-28+. The van der Waals surface area contributed by atoms with Crippen molar-refractivity contribution in [1.29, 1.82) is 0 Å². The maximum Gasteiger partial charge on any atom is -0.00694 e. The Balaban J connectivity index is 1.84. The molecule has 0 heteroatoms. The van der Waals surface area contributed by atoms with Gasteiger partial charge in [-0.05, 0) is 132 Å². The smallest absolute Gasteiger partial charge is 0.00694 e. The second kappa shape index (κ2) is 15.9. The van der Waals surface area contributed by atoms with Crippen molar-refractivity contribution in [3.05, 3.63) is 106 Å². The van der Waals surface area contributed by atoms with Crippen LogP contribution >= 0.6 is 0 Å². The number of hydrogen-bond acceptors (Lipinski definition) is 0. The molecule has 0 heterocycles. The third-order valence-corrected chi connectivity index (χ3v) is 11.4. The molecule has 0 amide bonds. The topological polar surface area (TPSA) is 0 Å². The van der Waals surface area contributed by atoms with Gasteiger partial charge >= 0.3 is 0 Å². The second-order valence-electron chi connectivity index (χ2n) is 17.6. The molecular weight excluding hydrogens is 601 g/mol. The maximum atomic E-state index is 2.61. The van der Waals surface area contributed by atoms with Crippen LogP contribution in [0.1, 0.15) is 154 Å². The number of fused-ring (bicyclic) bond motifs is 3. The van der Waals surface area contributed by atoms with Crippen molar-refractivity contribution in [3.63, 3.8) is 0 Å². The summed E-state index contributed by atoms with van der Waals surface area (Å²) in [5.74, 6) is 1.45. The molecule has 0 saturated carbocycles. The Morgan fingerprint density at radius 1 is 0.660 bits per heavy atom. The minimum Gasteiger partial charge on any atom is -0.0654 e. The third kappa shape index (κ3) is 8.39. The first kappa shape index (κ1) is 37.9. The summed E-state index contributed by atoms with van der Waals surface area (Å²) in [6.45, 7) is 26.2. The molecule has 5 aromatic carbocycles. The van der Waals surface area contributed by atoms with E-state index in [9.17, 15) is 0 Å². The normalized spacial score (nSPS) is 14.2. The van der Waals surface area contributed by atoms with Crippen LogP contribution in [0.3, 0.4) is 0 Å². The number of rotatable bonds is 13. The van der Waals surface area contributed by atoms with Crippen molar-refractivity contribution in [2.75, 3.05) is 0 Å². The third-order valence-electron chi connectivity index (χ3n) is 11.4. The van der Waals surface area contributed by atoms with Crippen molar-refractivity contribution in [1.82, 2.24) is 0 Å². The van der Waals surface area contributed by atoms with Gasteiger partial charge in [0.2, 0.25) is 0 Å². The summed E-state index contributed by atoms with van der Waals surface area (Å²) in [5.41, 5.74) is 10.4. The molecule has 50 heavy (non-hydrogen) atoms. The number of aryl methyl sites for hydroxylation is 1. The van der Waals surface area contributed by atoms with E-state index in [1.54, 1.807) is 11.1 Å². The van der Waals surface area contributed by atoms with Gasteiger partial charge in [0.25, 0.3) is 0 Å². The zero-order chi connectivity index (χ0) is 36.2. The van der Waals surface area contributed by atoms with E-state index >= 15 is 0 Å². The number of benzene rings is 5. The van der Waals surface area contributed by atoms with Crippen LogP contribution < -0.4 is 0 Å². The van der Waals surface area contributed by atoms with Gasteiger partial charge < -0.3 is 0 Å². The van der Waals surface area contributed by atoms with Gasteiger partial charge in [0.15, 0.2) is 0 Å². The zero-order valence-electron chi connectivity index (χ0n) is 33.5. The first-order chi connectivity index (χ1) is 23.8. The molecule has 0 radical (unpaired) electrons. The van der Waals surface area contributed by atoms with Gasteiger partial charge in [-0.15, -0.1) is 0 Å². The van der Waals surface area contributed by atoms with Crippen molar-refractivity contribution >= 4 is 44.0 Å². The molecule has 0 bridgehead atoms. The van der Waals surface area contributed by atoms with Crippen molar-refractivity contribution in [3.8, 4) is 0 Å². The summed E-state index contributed by atoms with van der Waals surface area (Å²) in [6, 6.07) is 28.3. The quantitative estimate of drug-likeness (QED) is 0.0866. The van der Waals surface area contributed by atoms with Crippen LogP contribution in [-0.2, 0) is 23.7 Å². The molecule has 0 aromatic heterocycles. The predicted molar refractivity (Wildman–Crippen MR) is 226 cm³/mol. The lowest BCUT2D eigenvalue weighted by molar-refractivity contribution is 0.448. The molecule has 0 spiro atoms. The lowest BCUT2D eigenvalue weighted by atomic mass is 9.77. The van der Waals surface area contributed by atoms with E-state index in [0.717, 1.165) is 18.8 Å². The van der Waals surface area contributed by atoms with Crippen LogP contribution in [-0.4, -0.2) is 0 Å². The number of unbranched alkanes of at least 4 members (excludes halogenated alkanes) is 1. The lowest BCUT2D eigenvalue weighted by Gasteiger charge is -2.27. The van der Waals surface area contributed by atoms with E-state index in [4.69, 9.17) is 0 Å². The van der Waals surface area contributed by atoms with Crippen LogP contribution in [0.25, 0.3) is 44.0 Å². The molecule has 0 saturated heterocycles. The van der Waals surface area contributed by atoms with E-state index in [-0.39, 0.29) is 10.8 Å². The average molecular weight is 667 g/mol. The zero-order valence-corrected chi connectivity index (χ0v) is 33.5. The van der Waals surface area contributed by atoms with Crippen molar-refractivity contribution in [2.45, 2.75) is 145 Å². The van der Waals surface area contributed by atoms with Crippen LogP contribution in [0, 0.1) is 11.8 Å². The van der Waals surface area contributed by atoms with Gasteiger partial charge in [-0.25, -0.2) is 0 Å². The first-order valence-corrected chi connectivity index (χ1v) is 20.0. The van der Waals surface area contributed by atoms with E-state index < -0.39 is 0 Å². The molecule has 2 unspecified atom stereocenters. The molecule has 0 aliphatic carbocycles. The Hall–Kier alpha value is -3.38. The predicted octanol–water partition coefficient (Wildman–Crippen LogP) is 15.4. The van der Waals surface area contributed by atoms with E-state index in [1.807, 2.05) is 0 Å². The first-order valence-electron chi connectivity index (χ1n) is 20.0. The SMILES string of the molecule is CCCCC(CC)Cc1cc(C(C)(C)C)cc(CCC(C)CCC)c1/C=C(\C)c1c2ccccc2c(C(C)(C)C)c2cc3ccccc3cc12. The van der Waals surface area contributed by atoms with E-state index in [2.05, 4.69) is 155 Å². The largest absolute Gasteiger partial charge is 0.0654 e. The highest BCUT2D eigenvalue weighted by atomic mass is 14.3. The van der Waals surface area contributed by atoms with Gasteiger partial charge in [-0.2, -0.15) is 0 Å². The Morgan fingerprint density at radius 3 is 1.88 bits per heavy atom. The highest BCUT2D eigenvalue weighted by Crippen LogP contribution is 2.44. The van der Waals surface area contributed by atoms with Gasteiger partial charge in [0.05, 0.1) is 0 Å². The van der Waals surface area contributed by atoms with Gasteiger partial charge in [-0.1, -0.05) is 175 Å². The summed E-state index contributed by atoms with van der Waals surface area (Å²) in [7, 11) is 0. The van der Waals surface area contributed by atoms with Crippen LogP contribution in [0.4, 0.5) is 0 Å². The summed E-state index contributed by atoms with van der Waals surface area (Å²) < 4.78 is 0. The summed E-state index contributed by atoms with van der Waals surface area (Å²) in [4.78, 5) is 0. The number of hydrogen-bond donors (Lipinski definition) is 0. The van der Waals surface area contributed by atoms with Crippen LogP contribution in [0.15, 0.2) is 72.8 Å². The molecule has 5 aromatic rings. The van der Waals surface area contributed by atoms with Crippen molar-refractivity contribution in [2.24, 2.45) is 11.8 Å². The lowest BCUT2D eigenvalue weighted by Crippen LogP contribution is -2.15. The molecular formula is C50H66. The molecule has 266 valence electrons. The van der Waals surface area contributed by atoms with Crippen LogP contribution in [0.5, 0.6) is 0 Å². The fraction of sp³-hybridized carbons (Fsp3) is 0.480. The Bertz CT molecular complexity index is 1950. The average Bonchev–Trinajstić information content (AvgIpc) is 3.06. The molecule has 5 rings (SSSR count). The second-order valence-corrected chi connectivity index (χ2v) is 17.6. The molecule has 2 atom stereocenters. The fourth-order valence-corrected chi connectivity index (χ4v) is 8.45. The minimum atomic E-state index is 0.00240. The Kier molecular flexibility index (Phi) is 12.0. The molecule has 0 aliphatic rings. The summed E-state index contributed by atoms with van der Waals surface area (Å²) in [6.07, 6.45) is 13.8. The van der Waals surface area contributed by atoms with Gasteiger partial charge in [0, 0.05) is 0 Å². The molecule has 0 aliphatic heterocycles. The highest BCUT2D eigenvalue weighted by Gasteiger charge is 2.25. The van der Waals surface area contributed by atoms with Gasteiger partial charge in [0.1, 0.15) is 0 Å². The van der Waals surface area contributed by atoms with E-state index in [0.29, 0.717) is 5.92 Å². The molecule has 0 nitrogen and oxygen atoms in total. The minimum absolute atomic E-state index is 0.00240. The summed E-state index contributed by atoms with van der Waals surface area (Å²) >= 11 is 0. The monoisotopic (exact) mass is 667 g/mol. The molecule has 0 N–H and O–H groups in total. The maximum absolute atomic E-state index is 2.61. The molecule has 0 fully saturated rings. The Labute approximate surface area is 305 Å². The Morgan fingerprint density at radius 2 is 1.28 bits per heavy atom. The number of allylic oxidation sites excluding steroid dienone is 1. The van der Waals surface area contributed by atoms with E-state index in [1.165, 1.54) is 105 Å². The van der Waals surface area contributed by atoms with Crippen molar-refractivity contribution < 1.29 is 0 Å². The summed E-state index contributed by atoms with van der Waals surface area (Å²) in [5, 5.41) is 8.14. The van der Waals surface area contributed by atoms with Crippen LogP contribution in [0.2, 0.25) is 0 Å². The highest BCUT2D eigenvalue weighted by molar-refractivity contribution is 6.16. The van der Waals surface area contributed by atoms with Gasteiger partial charge in [-0.3, -0.25) is 0 Å². The fourth-order valence-electron chi connectivity index (χ4n) is 8.45.